The molecule has 0 aromatic heterocycles. The summed E-state index contributed by atoms with van der Waals surface area (Å²) >= 11 is 5.01. The minimum atomic E-state index is 0.00924. The lowest BCUT2D eigenvalue weighted by Gasteiger charge is -2.13. The SMILES string of the molecule is C=CCc1cc(/C=C2\SC(=NCC)N(CC)C2=O)cc(Br)c1OCC. The molecule has 0 saturated carbocycles. The minimum Gasteiger partial charge on any atom is -0.492 e. The summed E-state index contributed by atoms with van der Waals surface area (Å²) in [6.07, 6.45) is 4.47. The highest BCUT2D eigenvalue weighted by atomic mass is 79.9. The Bertz CT molecular complexity index is 728. The van der Waals surface area contributed by atoms with Crippen molar-refractivity contribution in [2.24, 2.45) is 4.99 Å². The molecule has 1 fully saturated rings. The molecule has 0 bridgehead atoms. The molecule has 1 aromatic carbocycles. The largest absolute Gasteiger partial charge is 0.492 e. The molecule has 0 unspecified atom stereocenters. The minimum absolute atomic E-state index is 0.00924. The van der Waals surface area contributed by atoms with E-state index in [1.807, 2.05) is 45.1 Å². The van der Waals surface area contributed by atoms with Crippen LogP contribution in [-0.2, 0) is 11.2 Å². The van der Waals surface area contributed by atoms with Gasteiger partial charge in [-0.25, -0.2) is 0 Å². The van der Waals surface area contributed by atoms with Crippen molar-refractivity contribution in [1.82, 2.24) is 4.90 Å². The highest BCUT2D eigenvalue weighted by Gasteiger charge is 2.31. The van der Waals surface area contributed by atoms with Gasteiger partial charge in [-0.3, -0.25) is 14.7 Å². The fourth-order valence-electron chi connectivity index (χ4n) is 2.56. The van der Waals surface area contributed by atoms with Crippen LogP contribution in [0.3, 0.4) is 0 Å². The Morgan fingerprint density at radius 1 is 1.36 bits per heavy atom. The van der Waals surface area contributed by atoms with Gasteiger partial charge in [0.1, 0.15) is 5.75 Å². The van der Waals surface area contributed by atoms with E-state index >= 15 is 0 Å². The maximum Gasteiger partial charge on any atom is 0.266 e. The van der Waals surface area contributed by atoms with Gasteiger partial charge in [-0.2, -0.15) is 0 Å². The summed E-state index contributed by atoms with van der Waals surface area (Å²) in [7, 11) is 0. The third-order valence-electron chi connectivity index (χ3n) is 3.59. The fourth-order valence-corrected chi connectivity index (χ4v) is 4.30. The van der Waals surface area contributed by atoms with E-state index in [-0.39, 0.29) is 5.91 Å². The van der Waals surface area contributed by atoms with Gasteiger partial charge in [0, 0.05) is 13.1 Å². The third-order valence-corrected chi connectivity index (χ3v) is 5.22. The van der Waals surface area contributed by atoms with E-state index < -0.39 is 0 Å². The Kier molecular flexibility index (Phi) is 7.32. The molecule has 1 heterocycles. The number of nitrogens with zero attached hydrogens (tertiary/aromatic N) is 2. The first-order chi connectivity index (χ1) is 12.0. The molecule has 25 heavy (non-hydrogen) atoms. The molecule has 0 atom stereocenters. The predicted octanol–water partition coefficient (Wildman–Crippen LogP) is 4.89. The van der Waals surface area contributed by atoms with Crippen LogP contribution in [-0.4, -0.2) is 35.7 Å². The summed E-state index contributed by atoms with van der Waals surface area (Å²) in [5, 5.41) is 0.776. The molecule has 0 N–H and O–H groups in total. The Labute approximate surface area is 162 Å². The molecule has 0 spiro atoms. The van der Waals surface area contributed by atoms with Crippen molar-refractivity contribution in [3.05, 3.63) is 45.3 Å². The van der Waals surface area contributed by atoms with Crippen LogP contribution in [0, 0.1) is 0 Å². The average Bonchev–Trinajstić information content (AvgIpc) is 2.86. The highest BCUT2D eigenvalue weighted by molar-refractivity contribution is 9.10. The van der Waals surface area contributed by atoms with E-state index in [1.54, 1.807) is 4.90 Å². The molecule has 134 valence electrons. The Hall–Kier alpha value is -1.53. The Balaban J connectivity index is 2.42. The van der Waals surface area contributed by atoms with Crippen LogP contribution in [0.1, 0.15) is 31.9 Å². The van der Waals surface area contributed by atoms with Crippen LogP contribution in [0.5, 0.6) is 5.75 Å². The fraction of sp³-hybridized carbons (Fsp3) is 0.368. The molecule has 1 saturated heterocycles. The van der Waals surface area contributed by atoms with Gasteiger partial charge in [0.15, 0.2) is 5.17 Å². The lowest BCUT2D eigenvalue weighted by molar-refractivity contribution is -0.122. The monoisotopic (exact) mass is 422 g/mol. The summed E-state index contributed by atoms with van der Waals surface area (Å²) < 4.78 is 6.62. The summed E-state index contributed by atoms with van der Waals surface area (Å²) in [4.78, 5) is 19.4. The molecule has 1 aliphatic rings. The standard InChI is InChI=1S/C19H23BrN2O2S/c1-5-9-14-10-13(11-15(20)17(14)24-8-4)12-16-18(23)22(7-3)19(25-16)21-6-2/h5,10-12H,1,6-9H2,2-4H3/b16-12-,21-19?. The van der Waals surface area contributed by atoms with E-state index in [1.165, 1.54) is 11.8 Å². The molecule has 0 aliphatic carbocycles. The van der Waals surface area contributed by atoms with Gasteiger partial charge in [-0.05, 0) is 84.2 Å². The number of hydrogen-bond donors (Lipinski definition) is 0. The number of hydrogen-bond acceptors (Lipinski definition) is 4. The maximum absolute atomic E-state index is 12.6. The zero-order chi connectivity index (χ0) is 18.4. The zero-order valence-electron chi connectivity index (χ0n) is 14.8. The van der Waals surface area contributed by atoms with E-state index in [4.69, 9.17) is 4.74 Å². The van der Waals surface area contributed by atoms with Crippen molar-refractivity contribution in [2.75, 3.05) is 19.7 Å². The van der Waals surface area contributed by atoms with Gasteiger partial charge in [-0.15, -0.1) is 6.58 Å². The number of rotatable bonds is 7. The molecule has 6 heteroatoms. The average molecular weight is 423 g/mol. The molecule has 2 rings (SSSR count). The molecular weight excluding hydrogens is 400 g/mol. The predicted molar refractivity (Wildman–Crippen MR) is 110 cm³/mol. The molecular formula is C19H23BrN2O2S. The number of benzene rings is 1. The molecule has 1 aliphatic heterocycles. The number of amides is 1. The van der Waals surface area contributed by atoms with Crippen LogP contribution >= 0.6 is 27.7 Å². The summed E-state index contributed by atoms with van der Waals surface area (Å²) in [5.41, 5.74) is 2.00. The van der Waals surface area contributed by atoms with Crippen molar-refractivity contribution in [3.8, 4) is 5.75 Å². The lowest BCUT2D eigenvalue weighted by Crippen LogP contribution is -2.28. The van der Waals surface area contributed by atoms with Gasteiger partial charge in [0.05, 0.1) is 16.0 Å². The normalized spacial score (nSPS) is 17.6. The van der Waals surface area contributed by atoms with Gasteiger partial charge in [-0.1, -0.05) is 6.08 Å². The first kappa shape index (κ1) is 19.8. The van der Waals surface area contributed by atoms with Crippen LogP contribution in [0.2, 0.25) is 0 Å². The number of aliphatic imine (C=N–C) groups is 1. The van der Waals surface area contributed by atoms with Crippen molar-refractivity contribution in [1.29, 1.82) is 0 Å². The van der Waals surface area contributed by atoms with E-state index in [0.29, 0.717) is 31.0 Å². The Morgan fingerprint density at radius 2 is 2.12 bits per heavy atom. The first-order valence-electron chi connectivity index (χ1n) is 8.37. The lowest BCUT2D eigenvalue weighted by atomic mass is 10.1. The molecule has 0 radical (unpaired) electrons. The zero-order valence-corrected chi connectivity index (χ0v) is 17.2. The quantitative estimate of drug-likeness (QED) is 0.463. The van der Waals surface area contributed by atoms with Gasteiger partial charge in [0.2, 0.25) is 0 Å². The number of ether oxygens (including phenoxy) is 1. The second-order valence-corrected chi connectivity index (χ2v) is 7.20. The summed E-state index contributed by atoms with van der Waals surface area (Å²) in [6.45, 7) is 11.6. The molecule has 1 amide bonds. The number of thioether (sulfide) groups is 1. The van der Waals surface area contributed by atoms with Gasteiger partial charge < -0.3 is 4.74 Å². The van der Waals surface area contributed by atoms with Crippen LogP contribution in [0.25, 0.3) is 6.08 Å². The van der Waals surface area contributed by atoms with Crippen molar-refractivity contribution >= 4 is 44.8 Å². The van der Waals surface area contributed by atoms with Crippen LogP contribution < -0.4 is 4.74 Å². The number of allylic oxidation sites excluding steroid dienone is 1. The van der Waals surface area contributed by atoms with E-state index in [9.17, 15) is 4.79 Å². The number of carbonyl (C=O) groups excluding carboxylic acids is 1. The van der Waals surface area contributed by atoms with Crippen LogP contribution in [0.15, 0.2) is 39.2 Å². The molecule has 1 aromatic rings. The van der Waals surface area contributed by atoms with Gasteiger partial charge in [0.25, 0.3) is 5.91 Å². The van der Waals surface area contributed by atoms with Crippen molar-refractivity contribution in [3.63, 3.8) is 0 Å². The maximum atomic E-state index is 12.6. The Morgan fingerprint density at radius 3 is 2.72 bits per heavy atom. The van der Waals surface area contributed by atoms with E-state index in [2.05, 4.69) is 27.5 Å². The topological polar surface area (TPSA) is 41.9 Å². The second kappa shape index (κ2) is 9.25. The second-order valence-electron chi connectivity index (χ2n) is 5.33. The first-order valence-corrected chi connectivity index (χ1v) is 9.98. The summed E-state index contributed by atoms with van der Waals surface area (Å²) in [6, 6.07) is 4.02. The van der Waals surface area contributed by atoms with Crippen molar-refractivity contribution in [2.45, 2.75) is 27.2 Å². The summed E-state index contributed by atoms with van der Waals surface area (Å²) in [5.74, 6) is 0.841. The smallest absolute Gasteiger partial charge is 0.266 e. The number of carbonyl (C=O) groups is 1. The highest BCUT2D eigenvalue weighted by Crippen LogP contribution is 2.36. The number of amidine groups is 1. The number of likely N-dealkylation sites (N-methyl/N-ethyl adjacent to an activating group) is 1. The van der Waals surface area contributed by atoms with Crippen LogP contribution in [0.4, 0.5) is 0 Å². The van der Waals surface area contributed by atoms with Gasteiger partial charge >= 0.3 is 0 Å². The van der Waals surface area contributed by atoms with Crippen molar-refractivity contribution < 1.29 is 9.53 Å². The number of halogens is 1. The third kappa shape index (κ3) is 4.55. The van der Waals surface area contributed by atoms with E-state index in [0.717, 1.165) is 26.5 Å². The molecule has 4 nitrogen and oxygen atoms in total.